The molecule has 0 saturated carbocycles. The number of nitrogens with zero attached hydrogens (tertiary/aromatic N) is 2. The second-order valence-electron chi connectivity index (χ2n) is 3.65. The maximum atomic E-state index is 10.7. The summed E-state index contributed by atoms with van der Waals surface area (Å²) in [5.41, 5.74) is -0.0589. The Labute approximate surface area is 92.8 Å². The lowest BCUT2D eigenvalue weighted by Gasteiger charge is -2.33. The topological polar surface area (TPSA) is 75.8 Å². The first-order valence-electron chi connectivity index (χ1n) is 5.25. The Bertz CT molecular complexity index is 377. The number of hydrogen-bond donors (Lipinski definition) is 1. The lowest BCUT2D eigenvalue weighted by Crippen LogP contribution is -2.45. The van der Waals surface area contributed by atoms with Crippen molar-refractivity contribution >= 4 is 12.0 Å². The highest BCUT2D eigenvalue weighted by atomic mass is 16.5. The van der Waals surface area contributed by atoms with Gasteiger partial charge in [-0.05, 0) is 6.42 Å². The van der Waals surface area contributed by atoms with E-state index >= 15 is 0 Å². The highest BCUT2D eigenvalue weighted by molar-refractivity contribution is 5.85. The number of morpholine rings is 1. The van der Waals surface area contributed by atoms with Crippen LogP contribution in [-0.4, -0.2) is 41.9 Å². The second kappa shape index (κ2) is 4.52. The molecule has 0 radical (unpaired) electrons. The van der Waals surface area contributed by atoms with Gasteiger partial charge in [0.15, 0.2) is 5.69 Å². The van der Waals surface area contributed by atoms with Crippen LogP contribution < -0.4 is 4.90 Å². The fourth-order valence-corrected chi connectivity index (χ4v) is 1.74. The quantitative estimate of drug-likeness (QED) is 0.828. The Morgan fingerprint density at radius 3 is 3.19 bits per heavy atom. The summed E-state index contributed by atoms with van der Waals surface area (Å²) in [6.45, 7) is 3.97. The number of ether oxygens (including phenoxy) is 1. The zero-order valence-electron chi connectivity index (χ0n) is 9.05. The van der Waals surface area contributed by atoms with Crippen molar-refractivity contribution in [2.75, 3.05) is 24.7 Å². The van der Waals surface area contributed by atoms with Crippen LogP contribution in [0.25, 0.3) is 0 Å². The van der Waals surface area contributed by atoms with Crippen molar-refractivity contribution in [2.45, 2.75) is 19.4 Å². The normalized spacial score (nSPS) is 21.1. The molecule has 1 aliphatic rings. The Hall–Kier alpha value is -1.56. The molecule has 1 atom stereocenters. The number of rotatable bonds is 3. The van der Waals surface area contributed by atoms with Crippen LogP contribution >= 0.6 is 0 Å². The standard InChI is InChI=1S/C10H14N2O4/c1-2-7-5-15-4-3-12(7)10-11-8(6-16-10)9(13)14/h6-7H,2-5H2,1H3,(H,13,14)/t7-/m0/s1. The van der Waals surface area contributed by atoms with Gasteiger partial charge in [0.25, 0.3) is 6.01 Å². The van der Waals surface area contributed by atoms with Gasteiger partial charge >= 0.3 is 5.97 Å². The van der Waals surface area contributed by atoms with Crippen LogP contribution in [0.3, 0.4) is 0 Å². The van der Waals surface area contributed by atoms with E-state index in [2.05, 4.69) is 4.98 Å². The maximum Gasteiger partial charge on any atom is 0.357 e. The predicted octanol–water partition coefficient (Wildman–Crippen LogP) is 0.988. The minimum Gasteiger partial charge on any atom is -0.476 e. The summed E-state index contributed by atoms with van der Waals surface area (Å²) in [5.74, 6) is -1.07. The molecule has 1 aromatic heterocycles. The Morgan fingerprint density at radius 2 is 2.56 bits per heavy atom. The monoisotopic (exact) mass is 226 g/mol. The number of aromatic nitrogens is 1. The summed E-state index contributed by atoms with van der Waals surface area (Å²) < 4.78 is 10.5. The summed E-state index contributed by atoms with van der Waals surface area (Å²) in [7, 11) is 0. The third-order valence-electron chi connectivity index (χ3n) is 2.66. The molecule has 1 N–H and O–H groups in total. The summed E-state index contributed by atoms with van der Waals surface area (Å²) >= 11 is 0. The van der Waals surface area contributed by atoms with Crippen molar-refractivity contribution in [1.82, 2.24) is 4.98 Å². The van der Waals surface area contributed by atoms with Crippen molar-refractivity contribution in [1.29, 1.82) is 0 Å². The molecule has 2 rings (SSSR count). The zero-order valence-corrected chi connectivity index (χ0v) is 9.05. The first kappa shape index (κ1) is 10.9. The van der Waals surface area contributed by atoms with E-state index in [-0.39, 0.29) is 11.7 Å². The van der Waals surface area contributed by atoms with Gasteiger partial charge in [-0.25, -0.2) is 4.79 Å². The van der Waals surface area contributed by atoms with Gasteiger partial charge in [-0.1, -0.05) is 6.92 Å². The number of carboxylic acid groups (broad SMARTS) is 1. The molecule has 1 saturated heterocycles. The van der Waals surface area contributed by atoms with Gasteiger partial charge in [0.1, 0.15) is 6.26 Å². The zero-order chi connectivity index (χ0) is 11.5. The van der Waals surface area contributed by atoms with E-state index in [4.69, 9.17) is 14.3 Å². The van der Waals surface area contributed by atoms with E-state index in [1.54, 1.807) is 0 Å². The number of hydrogen-bond acceptors (Lipinski definition) is 5. The molecule has 0 spiro atoms. The van der Waals surface area contributed by atoms with E-state index in [1.807, 2.05) is 11.8 Å². The summed E-state index contributed by atoms with van der Waals surface area (Å²) in [4.78, 5) is 16.6. The largest absolute Gasteiger partial charge is 0.476 e. The Kier molecular flexibility index (Phi) is 3.09. The van der Waals surface area contributed by atoms with Crippen LogP contribution in [0, 0.1) is 0 Å². The van der Waals surface area contributed by atoms with Crippen LogP contribution in [0.15, 0.2) is 10.7 Å². The first-order valence-corrected chi connectivity index (χ1v) is 5.25. The predicted molar refractivity (Wildman–Crippen MR) is 55.7 cm³/mol. The van der Waals surface area contributed by atoms with Gasteiger partial charge in [-0.3, -0.25) is 0 Å². The Morgan fingerprint density at radius 1 is 1.75 bits per heavy atom. The minimum absolute atomic E-state index is 0.0589. The third-order valence-corrected chi connectivity index (χ3v) is 2.66. The maximum absolute atomic E-state index is 10.7. The lowest BCUT2D eigenvalue weighted by molar-refractivity contribution is 0.0690. The average Bonchev–Trinajstić information content (AvgIpc) is 2.78. The van der Waals surface area contributed by atoms with Crippen molar-refractivity contribution in [2.24, 2.45) is 0 Å². The molecule has 6 nitrogen and oxygen atoms in total. The molecule has 2 heterocycles. The van der Waals surface area contributed by atoms with E-state index in [0.29, 0.717) is 25.8 Å². The van der Waals surface area contributed by atoms with Crippen molar-refractivity contribution in [3.8, 4) is 0 Å². The third kappa shape index (κ3) is 2.01. The minimum atomic E-state index is -1.07. The van der Waals surface area contributed by atoms with E-state index < -0.39 is 5.97 Å². The molecule has 0 aliphatic carbocycles. The van der Waals surface area contributed by atoms with Gasteiger partial charge in [-0.15, -0.1) is 0 Å². The Balaban J connectivity index is 2.17. The fourth-order valence-electron chi connectivity index (χ4n) is 1.74. The molecule has 16 heavy (non-hydrogen) atoms. The molecular formula is C10H14N2O4. The molecule has 1 aliphatic heterocycles. The van der Waals surface area contributed by atoms with E-state index in [1.165, 1.54) is 6.26 Å². The van der Waals surface area contributed by atoms with Crippen LogP contribution in [0.2, 0.25) is 0 Å². The van der Waals surface area contributed by atoms with E-state index in [9.17, 15) is 4.79 Å². The molecule has 88 valence electrons. The number of aromatic carboxylic acids is 1. The van der Waals surface area contributed by atoms with Crippen molar-refractivity contribution < 1.29 is 19.1 Å². The summed E-state index contributed by atoms with van der Waals surface area (Å²) in [5, 5.41) is 8.75. The van der Waals surface area contributed by atoms with E-state index in [0.717, 1.165) is 6.42 Å². The first-order chi connectivity index (χ1) is 7.72. The van der Waals surface area contributed by atoms with Crippen LogP contribution in [-0.2, 0) is 4.74 Å². The van der Waals surface area contributed by atoms with Gasteiger partial charge in [0.05, 0.1) is 19.3 Å². The molecular weight excluding hydrogens is 212 g/mol. The lowest BCUT2D eigenvalue weighted by atomic mass is 10.2. The van der Waals surface area contributed by atoms with Crippen LogP contribution in [0.5, 0.6) is 0 Å². The van der Waals surface area contributed by atoms with Gasteiger partial charge in [0, 0.05) is 6.54 Å². The summed E-state index contributed by atoms with van der Waals surface area (Å²) in [6, 6.07) is 0.571. The van der Waals surface area contributed by atoms with Gasteiger partial charge < -0.3 is 19.2 Å². The van der Waals surface area contributed by atoms with Gasteiger partial charge in [-0.2, -0.15) is 4.98 Å². The fraction of sp³-hybridized carbons (Fsp3) is 0.600. The van der Waals surface area contributed by atoms with Crippen LogP contribution in [0.1, 0.15) is 23.8 Å². The molecule has 1 aromatic rings. The van der Waals surface area contributed by atoms with Crippen molar-refractivity contribution in [3.05, 3.63) is 12.0 Å². The second-order valence-corrected chi connectivity index (χ2v) is 3.65. The molecule has 6 heteroatoms. The summed E-state index contributed by atoms with van der Waals surface area (Å²) in [6.07, 6.45) is 2.07. The average molecular weight is 226 g/mol. The molecule has 0 aromatic carbocycles. The SMILES string of the molecule is CC[C@H]1COCCN1c1nc(C(=O)O)co1. The number of carbonyl (C=O) groups is 1. The molecule has 0 unspecified atom stereocenters. The highest BCUT2D eigenvalue weighted by Gasteiger charge is 2.26. The van der Waals surface area contributed by atoms with Gasteiger partial charge in [0.2, 0.25) is 0 Å². The number of carboxylic acids is 1. The smallest absolute Gasteiger partial charge is 0.357 e. The number of anilines is 1. The highest BCUT2D eigenvalue weighted by Crippen LogP contribution is 2.20. The molecule has 0 amide bonds. The van der Waals surface area contributed by atoms with Crippen molar-refractivity contribution in [3.63, 3.8) is 0 Å². The number of oxazole rings is 1. The van der Waals surface area contributed by atoms with Crippen LogP contribution in [0.4, 0.5) is 6.01 Å². The molecule has 1 fully saturated rings. The molecule has 0 bridgehead atoms.